The molecule has 0 unspecified atom stereocenters. The third-order valence-electron chi connectivity index (χ3n) is 2.98. The number of hydrogen-bond donors (Lipinski definition) is 0. The van der Waals surface area contributed by atoms with Gasteiger partial charge in [0.15, 0.2) is 17.3 Å². The van der Waals surface area contributed by atoms with Gasteiger partial charge in [-0.2, -0.15) is 5.26 Å². The van der Waals surface area contributed by atoms with Crippen molar-refractivity contribution in [1.29, 1.82) is 5.26 Å². The lowest BCUT2D eigenvalue weighted by Crippen LogP contribution is -1.93. The second kappa shape index (κ2) is 5.51. The van der Waals surface area contributed by atoms with Crippen LogP contribution in [-0.4, -0.2) is 4.98 Å². The molecule has 0 radical (unpaired) electrons. The number of halogens is 2. The first kappa shape index (κ1) is 13.5. The average molecular weight is 343 g/mol. The number of nitriles is 1. The first-order chi connectivity index (χ1) is 10.2. The van der Waals surface area contributed by atoms with Crippen LogP contribution in [0.2, 0.25) is 0 Å². The van der Waals surface area contributed by atoms with Crippen LogP contribution >= 0.6 is 15.9 Å². The van der Waals surface area contributed by atoms with Crippen LogP contribution in [0.25, 0.3) is 10.9 Å². The van der Waals surface area contributed by atoms with Gasteiger partial charge in [-0.25, -0.2) is 4.39 Å². The van der Waals surface area contributed by atoms with Gasteiger partial charge in [-0.1, -0.05) is 18.2 Å². The predicted molar refractivity (Wildman–Crippen MR) is 80.6 cm³/mol. The van der Waals surface area contributed by atoms with Gasteiger partial charge in [0.1, 0.15) is 11.6 Å². The van der Waals surface area contributed by atoms with Crippen molar-refractivity contribution in [1.82, 2.24) is 4.98 Å². The first-order valence-electron chi connectivity index (χ1n) is 6.10. The summed E-state index contributed by atoms with van der Waals surface area (Å²) in [6, 6.07) is 14.0. The van der Waals surface area contributed by atoms with E-state index in [-0.39, 0.29) is 15.8 Å². The van der Waals surface area contributed by atoms with Crippen LogP contribution in [0.5, 0.6) is 11.5 Å². The van der Waals surface area contributed by atoms with E-state index >= 15 is 0 Å². The van der Waals surface area contributed by atoms with Gasteiger partial charge < -0.3 is 4.74 Å². The highest BCUT2D eigenvalue weighted by Crippen LogP contribution is 2.33. The molecule has 0 saturated heterocycles. The monoisotopic (exact) mass is 342 g/mol. The van der Waals surface area contributed by atoms with Crippen LogP contribution in [0.1, 0.15) is 5.56 Å². The Morgan fingerprint density at radius 1 is 1.10 bits per heavy atom. The highest BCUT2D eigenvalue weighted by atomic mass is 79.9. The summed E-state index contributed by atoms with van der Waals surface area (Å²) in [6.45, 7) is 0. The summed E-state index contributed by atoms with van der Waals surface area (Å²) >= 11 is 3.06. The summed E-state index contributed by atoms with van der Waals surface area (Å²) in [5.41, 5.74) is 0.871. The van der Waals surface area contributed by atoms with Crippen molar-refractivity contribution in [2.75, 3.05) is 0 Å². The van der Waals surface area contributed by atoms with E-state index in [1.165, 1.54) is 12.1 Å². The van der Waals surface area contributed by atoms with Gasteiger partial charge in [-0.05, 0) is 40.2 Å². The van der Waals surface area contributed by atoms with E-state index in [0.717, 1.165) is 5.39 Å². The minimum Gasteiger partial charge on any atom is -0.452 e. The number of pyridine rings is 1. The molecule has 0 bridgehead atoms. The fourth-order valence-corrected chi connectivity index (χ4v) is 2.39. The van der Waals surface area contributed by atoms with Gasteiger partial charge in [-0.3, -0.25) is 4.98 Å². The third-order valence-corrected chi connectivity index (χ3v) is 3.76. The van der Waals surface area contributed by atoms with Crippen LogP contribution in [0.3, 0.4) is 0 Å². The molecule has 2 aromatic carbocycles. The van der Waals surface area contributed by atoms with E-state index in [1.807, 2.05) is 30.3 Å². The Bertz CT molecular complexity index is 869. The minimum absolute atomic E-state index is 0.0408. The zero-order valence-electron chi connectivity index (χ0n) is 10.7. The molecule has 0 aliphatic carbocycles. The number of aromatic nitrogens is 1. The van der Waals surface area contributed by atoms with Crippen molar-refractivity contribution in [2.45, 2.75) is 0 Å². The van der Waals surface area contributed by atoms with Gasteiger partial charge >= 0.3 is 0 Å². The molecule has 5 heteroatoms. The van der Waals surface area contributed by atoms with E-state index in [9.17, 15) is 4.39 Å². The lowest BCUT2D eigenvalue weighted by molar-refractivity contribution is 0.443. The third kappa shape index (κ3) is 2.46. The topological polar surface area (TPSA) is 45.9 Å². The highest BCUT2D eigenvalue weighted by molar-refractivity contribution is 9.10. The lowest BCUT2D eigenvalue weighted by atomic mass is 10.2. The Balaban J connectivity index is 2.08. The molecular weight excluding hydrogens is 335 g/mol. The van der Waals surface area contributed by atoms with Crippen molar-refractivity contribution in [3.63, 3.8) is 0 Å². The molecule has 3 rings (SSSR count). The Morgan fingerprint density at radius 3 is 2.71 bits per heavy atom. The molecule has 3 nitrogen and oxygen atoms in total. The summed E-state index contributed by atoms with van der Waals surface area (Å²) in [5, 5.41) is 9.77. The number of rotatable bonds is 2. The molecule has 0 atom stereocenters. The molecule has 3 aromatic rings. The molecule has 0 aliphatic rings. The maximum atomic E-state index is 14.2. The Morgan fingerprint density at radius 2 is 1.90 bits per heavy atom. The first-order valence-corrected chi connectivity index (χ1v) is 6.89. The Hall–Kier alpha value is -2.45. The fourth-order valence-electron chi connectivity index (χ4n) is 1.97. The van der Waals surface area contributed by atoms with Crippen molar-refractivity contribution < 1.29 is 9.13 Å². The molecular formula is C16H8BrFN2O. The largest absolute Gasteiger partial charge is 0.452 e. The summed E-state index contributed by atoms with van der Waals surface area (Å²) in [5.74, 6) is -0.107. The van der Waals surface area contributed by atoms with Crippen molar-refractivity contribution in [2.24, 2.45) is 0 Å². The zero-order valence-corrected chi connectivity index (χ0v) is 12.3. The number of hydrogen-bond acceptors (Lipinski definition) is 3. The smallest absolute Gasteiger partial charge is 0.181 e. The van der Waals surface area contributed by atoms with E-state index in [1.54, 1.807) is 12.3 Å². The van der Waals surface area contributed by atoms with Crippen LogP contribution < -0.4 is 4.74 Å². The maximum Gasteiger partial charge on any atom is 0.181 e. The SMILES string of the molecule is N#Cc1ccc(Oc2cccc3cccnc23)c(F)c1Br. The molecule has 0 saturated carbocycles. The molecule has 0 N–H and O–H groups in total. The summed E-state index contributed by atoms with van der Waals surface area (Å²) in [4.78, 5) is 4.25. The molecule has 0 spiro atoms. The summed E-state index contributed by atoms with van der Waals surface area (Å²) < 4.78 is 19.9. The quantitative estimate of drug-likeness (QED) is 0.671. The lowest BCUT2D eigenvalue weighted by Gasteiger charge is -2.10. The normalized spacial score (nSPS) is 10.3. The molecule has 1 aromatic heterocycles. The molecule has 0 aliphatic heterocycles. The molecule has 0 amide bonds. The molecule has 21 heavy (non-hydrogen) atoms. The maximum absolute atomic E-state index is 14.2. The second-order valence-electron chi connectivity index (χ2n) is 4.28. The Kier molecular flexibility index (Phi) is 3.55. The predicted octanol–water partition coefficient (Wildman–Crippen LogP) is 4.80. The fraction of sp³-hybridized carbons (Fsp3) is 0. The van der Waals surface area contributed by atoms with Gasteiger partial charge in [0, 0.05) is 11.6 Å². The van der Waals surface area contributed by atoms with E-state index < -0.39 is 5.82 Å². The van der Waals surface area contributed by atoms with E-state index in [2.05, 4.69) is 20.9 Å². The van der Waals surface area contributed by atoms with E-state index in [0.29, 0.717) is 11.3 Å². The summed E-state index contributed by atoms with van der Waals surface area (Å²) in [7, 11) is 0. The van der Waals surface area contributed by atoms with Crippen molar-refractivity contribution >= 4 is 26.8 Å². The van der Waals surface area contributed by atoms with Crippen molar-refractivity contribution in [3.05, 3.63) is 64.5 Å². The van der Waals surface area contributed by atoms with E-state index in [4.69, 9.17) is 10.00 Å². The van der Waals surface area contributed by atoms with Crippen LogP contribution in [0.4, 0.5) is 4.39 Å². The standard InChI is InChI=1S/C16H8BrFN2O/c17-14-11(9-19)6-7-12(15(14)18)21-13-5-1-3-10-4-2-8-20-16(10)13/h1-8H. The number of ether oxygens (including phenoxy) is 1. The van der Waals surface area contributed by atoms with Gasteiger partial charge in [0.2, 0.25) is 0 Å². The minimum atomic E-state index is -0.609. The summed E-state index contributed by atoms with van der Waals surface area (Å²) in [6.07, 6.45) is 1.65. The van der Waals surface area contributed by atoms with Gasteiger partial charge in [-0.15, -0.1) is 0 Å². The van der Waals surface area contributed by atoms with Gasteiger partial charge in [0.25, 0.3) is 0 Å². The van der Waals surface area contributed by atoms with Crippen LogP contribution in [-0.2, 0) is 0 Å². The Labute approximate surface area is 128 Å². The molecule has 1 heterocycles. The number of benzene rings is 2. The van der Waals surface area contributed by atoms with Crippen LogP contribution in [0, 0.1) is 17.1 Å². The van der Waals surface area contributed by atoms with Crippen molar-refractivity contribution in [3.8, 4) is 17.6 Å². The number of para-hydroxylation sites is 1. The second-order valence-corrected chi connectivity index (χ2v) is 5.08. The molecule has 0 fully saturated rings. The zero-order chi connectivity index (χ0) is 14.8. The number of fused-ring (bicyclic) bond motifs is 1. The van der Waals surface area contributed by atoms with Crippen LogP contribution in [0.15, 0.2) is 53.1 Å². The van der Waals surface area contributed by atoms with Gasteiger partial charge in [0.05, 0.1) is 10.0 Å². The molecule has 102 valence electrons. The average Bonchev–Trinajstić information content (AvgIpc) is 2.52. The number of nitrogens with zero attached hydrogens (tertiary/aromatic N) is 2. The highest BCUT2D eigenvalue weighted by Gasteiger charge is 2.14.